The van der Waals surface area contributed by atoms with E-state index in [1.165, 1.54) is 10.8 Å². The zero-order chi connectivity index (χ0) is 19.8. The minimum atomic E-state index is -1.42. The molecule has 1 amide bonds. The molecule has 1 atom stereocenters. The molecule has 2 aromatic rings. The fourth-order valence-corrected chi connectivity index (χ4v) is 4.03. The van der Waals surface area contributed by atoms with Gasteiger partial charge in [-0.25, -0.2) is 4.79 Å². The molecule has 1 aromatic heterocycles. The highest BCUT2D eigenvalue weighted by Gasteiger charge is 2.39. The van der Waals surface area contributed by atoms with Gasteiger partial charge in [0.05, 0.1) is 6.54 Å². The quantitative estimate of drug-likeness (QED) is 0.829. The average molecular weight is 383 g/mol. The Morgan fingerprint density at radius 3 is 2.54 bits per heavy atom. The van der Waals surface area contributed by atoms with Gasteiger partial charge in [0, 0.05) is 25.8 Å². The Bertz CT molecular complexity index is 985. The van der Waals surface area contributed by atoms with E-state index in [0.717, 1.165) is 24.9 Å². The second-order valence-electron chi connectivity index (χ2n) is 7.17. The molecular formula is C20H21N3O5. The normalized spacial score (nSPS) is 19.6. The van der Waals surface area contributed by atoms with E-state index in [2.05, 4.69) is 4.90 Å². The minimum absolute atomic E-state index is 0.132. The van der Waals surface area contributed by atoms with Crippen LogP contribution in [0.15, 0.2) is 41.3 Å². The highest BCUT2D eigenvalue weighted by Crippen LogP contribution is 2.28. The minimum Gasteiger partial charge on any atom is -0.503 e. The summed E-state index contributed by atoms with van der Waals surface area (Å²) in [6.45, 7) is 2.28. The first-order valence-corrected chi connectivity index (χ1v) is 9.26. The summed E-state index contributed by atoms with van der Waals surface area (Å²) in [5, 5.41) is 19.5. The molecule has 2 aliphatic heterocycles. The number of carboxylic acid groups (broad SMARTS) is 1. The number of rotatable bonds is 3. The first-order chi connectivity index (χ1) is 13.5. The summed E-state index contributed by atoms with van der Waals surface area (Å²) in [6, 6.07) is 9.94. The summed E-state index contributed by atoms with van der Waals surface area (Å²) < 4.78 is 1.41. The van der Waals surface area contributed by atoms with Crippen LogP contribution in [0.4, 0.5) is 0 Å². The number of nitrogens with zero attached hydrogens (tertiary/aromatic N) is 3. The summed E-state index contributed by atoms with van der Waals surface area (Å²) in [4.78, 5) is 40.5. The molecule has 0 radical (unpaired) electrons. The Kier molecular flexibility index (Phi) is 4.64. The average Bonchev–Trinajstić information content (AvgIpc) is 2.88. The summed E-state index contributed by atoms with van der Waals surface area (Å²) in [5.74, 6) is -2.66. The van der Waals surface area contributed by atoms with E-state index in [0.29, 0.717) is 19.6 Å². The molecule has 2 N–H and O–H groups in total. The molecular weight excluding hydrogens is 362 g/mol. The standard InChI is InChI=1S/C20H21N3O5/c24-17-14(20(27)28)11-22-12-15-21(10-13-6-2-1-3-7-13)8-4-5-9-23(15)19(26)16(22)18(17)25/h1-3,6-7,11,15,25H,4-5,8-10,12H2,(H,27,28). The second-order valence-corrected chi connectivity index (χ2v) is 7.17. The SMILES string of the molecule is O=C(O)c1cn2c(c(O)c1=O)C(=O)N1CCCCN(Cc3ccccc3)C1C2. The van der Waals surface area contributed by atoms with Crippen molar-refractivity contribution in [1.29, 1.82) is 0 Å². The van der Waals surface area contributed by atoms with E-state index in [4.69, 9.17) is 0 Å². The van der Waals surface area contributed by atoms with Crippen LogP contribution in [0.5, 0.6) is 5.75 Å². The van der Waals surface area contributed by atoms with Crippen molar-refractivity contribution in [2.24, 2.45) is 0 Å². The second kappa shape index (κ2) is 7.12. The maximum absolute atomic E-state index is 13.1. The molecule has 0 aliphatic carbocycles. The van der Waals surface area contributed by atoms with Crippen LogP contribution in [0, 0.1) is 0 Å². The van der Waals surface area contributed by atoms with Crippen molar-refractivity contribution in [2.75, 3.05) is 13.1 Å². The summed E-state index contributed by atoms with van der Waals surface area (Å²) in [6.07, 6.45) is 2.64. The number of benzene rings is 1. The molecule has 2 aliphatic rings. The molecule has 1 fully saturated rings. The third kappa shape index (κ3) is 3.05. The van der Waals surface area contributed by atoms with Crippen molar-refractivity contribution in [3.63, 3.8) is 0 Å². The van der Waals surface area contributed by atoms with Crippen molar-refractivity contribution < 1.29 is 19.8 Å². The number of hydrogen-bond donors (Lipinski definition) is 2. The van der Waals surface area contributed by atoms with Crippen molar-refractivity contribution in [1.82, 2.24) is 14.4 Å². The number of fused-ring (bicyclic) bond motifs is 2. The Hall–Kier alpha value is -3.13. The Morgan fingerprint density at radius 2 is 1.82 bits per heavy atom. The van der Waals surface area contributed by atoms with E-state index in [-0.39, 0.29) is 11.9 Å². The van der Waals surface area contributed by atoms with E-state index in [1.807, 2.05) is 30.3 Å². The predicted molar refractivity (Wildman–Crippen MR) is 100 cm³/mol. The lowest BCUT2D eigenvalue weighted by Crippen LogP contribution is -2.56. The number of pyridine rings is 1. The van der Waals surface area contributed by atoms with Crippen LogP contribution in [0.2, 0.25) is 0 Å². The molecule has 0 bridgehead atoms. The molecule has 0 spiro atoms. The lowest BCUT2D eigenvalue weighted by molar-refractivity contribution is 0.0190. The van der Waals surface area contributed by atoms with Crippen molar-refractivity contribution in [2.45, 2.75) is 32.1 Å². The molecule has 8 nitrogen and oxygen atoms in total. The fraction of sp³-hybridized carbons (Fsp3) is 0.350. The van der Waals surface area contributed by atoms with Crippen LogP contribution in [-0.2, 0) is 13.1 Å². The van der Waals surface area contributed by atoms with Crippen molar-refractivity contribution in [3.05, 3.63) is 63.6 Å². The molecule has 1 saturated heterocycles. The first-order valence-electron chi connectivity index (χ1n) is 9.26. The fourth-order valence-electron chi connectivity index (χ4n) is 4.03. The largest absolute Gasteiger partial charge is 0.503 e. The van der Waals surface area contributed by atoms with E-state index in [9.17, 15) is 24.6 Å². The Labute approximate surface area is 161 Å². The van der Waals surface area contributed by atoms with Gasteiger partial charge in [-0.3, -0.25) is 14.5 Å². The number of carboxylic acids is 1. The molecule has 146 valence electrons. The van der Waals surface area contributed by atoms with Crippen LogP contribution < -0.4 is 5.43 Å². The van der Waals surface area contributed by atoms with Gasteiger partial charge in [0.15, 0.2) is 11.4 Å². The summed E-state index contributed by atoms with van der Waals surface area (Å²) in [7, 11) is 0. The maximum atomic E-state index is 13.1. The van der Waals surface area contributed by atoms with Crippen molar-refractivity contribution >= 4 is 11.9 Å². The zero-order valence-electron chi connectivity index (χ0n) is 15.2. The highest BCUT2D eigenvalue weighted by atomic mass is 16.4. The van der Waals surface area contributed by atoms with Gasteiger partial charge in [-0.2, -0.15) is 0 Å². The van der Waals surface area contributed by atoms with Crippen LogP contribution >= 0.6 is 0 Å². The van der Waals surface area contributed by atoms with Gasteiger partial charge in [-0.15, -0.1) is 0 Å². The van der Waals surface area contributed by atoms with Gasteiger partial charge in [0.1, 0.15) is 11.7 Å². The molecule has 1 unspecified atom stereocenters. The topological polar surface area (TPSA) is 103 Å². The smallest absolute Gasteiger partial charge is 0.341 e. The predicted octanol–water partition coefficient (Wildman–Crippen LogP) is 1.33. The lowest BCUT2D eigenvalue weighted by atomic mass is 10.1. The molecule has 1 aromatic carbocycles. The van der Waals surface area contributed by atoms with Crippen molar-refractivity contribution in [3.8, 4) is 5.75 Å². The van der Waals surface area contributed by atoms with Gasteiger partial charge >= 0.3 is 5.97 Å². The molecule has 28 heavy (non-hydrogen) atoms. The number of amides is 1. The van der Waals surface area contributed by atoms with Crippen LogP contribution in [-0.4, -0.2) is 55.7 Å². The van der Waals surface area contributed by atoms with E-state index >= 15 is 0 Å². The van der Waals surface area contributed by atoms with Gasteiger partial charge < -0.3 is 19.7 Å². The third-order valence-corrected chi connectivity index (χ3v) is 5.41. The molecule has 4 rings (SSSR count). The van der Waals surface area contributed by atoms with E-state index < -0.39 is 28.6 Å². The van der Waals surface area contributed by atoms with Crippen LogP contribution in [0.3, 0.4) is 0 Å². The monoisotopic (exact) mass is 383 g/mol. The van der Waals surface area contributed by atoms with Gasteiger partial charge in [-0.1, -0.05) is 30.3 Å². The van der Waals surface area contributed by atoms with E-state index in [1.54, 1.807) is 4.90 Å². The number of aromatic hydroxyl groups is 1. The third-order valence-electron chi connectivity index (χ3n) is 5.41. The lowest BCUT2D eigenvalue weighted by Gasteiger charge is -2.42. The number of carbonyl (C=O) groups is 2. The summed E-state index contributed by atoms with van der Waals surface area (Å²) in [5.41, 5.74) is -0.573. The van der Waals surface area contributed by atoms with Gasteiger partial charge in [-0.05, 0) is 18.4 Å². The molecule has 8 heteroatoms. The number of hydrogen-bond acceptors (Lipinski definition) is 5. The van der Waals surface area contributed by atoms with Gasteiger partial charge in [0.2, 0.25) is 5.43 Å². The maximum Gasteiger partial charge on any atom is 0.341 e. The highest BCUT2D eigenvalue weighted by molar-refractivity contribution is 5.97. The number of aromatic carboxylic acids is 1. The summed E-state index contributed by atoms with van der Waals surface area (Å²) >= 11 is 0. The zero-order valence-corrected chi connectivity index (χ0v) is 15.2. The van der Waals surface area contributed by atoms with Crippen LogP contribution in [0.1, 0.15) is 39.3 Å². The Morgan fingerprint density at radius 1 is 1.11 bits per heavy atom. The molecule has 3 heterocycles. The first kappa shape index (κ1) is 18.2. The van der Waals surface area contributed by atoms with Crippen LogP contribution in [0.25, 0.3) is 0 Å². The molecule has 0 saturated carbocycles. The van der Waals surface area contributed by atoms with Gasteiger partial charge in [0.25, 0.3) is 5.91 Å². The number of carbonyl (C=O) groups excluding carboxylic acids is 1. The Balaban J connectivity index is 1.75. The number of aromatic nitrogens is 1.